The molecule has 37 heavy (non-hydrogen) atoms. The minimum Gasteiger partial charge on any atom is -0.316 e. The predicted octanol–water partition coefficient (Wildman–Crippen LogP) is 4.09. The number of nitrogens with one attached hydrogen (secondary N) is 1. The van der Waals surface area contributed by atoms with Gasteiger partial charge in [-0.2, -0.15) is 0 Å². The zero-order chi connectivity index (χ0) is 25.2. The molecule has 0 amide bonds. The maximum Gasteiger partial charge on any atom is 0.176 e. The molecule has 0 unspecified atom stereocenters. The van der Waals surface area contributed by atoms with Crippen LogP contribution >= 0.6 is 0 Å². The summed E-state index contributed by atoms with van der Waals surface area (Å²) < 4.78 is 45.6. The van der Waals surface area contributed by atoms with Crippen molar-refractivity contribution in [3.63, 3.8) is 0 Å². The van der Waals surface area contributed by atoms with Crippen LogP contribution in [0.1, 0.15) is 30.5 Å². The van der Waals surface area contributed by atoms with Crippen LogP contribution in [-0.2, 0) is 13.1 Å². The van der Waals surface area contributed by atoms with E-state index in [1.165, 1.54) is 10.8 Å². The van der Waals surface area contributed by atoms with Gasteiger partial charge < -0.3 is 14.3 Å². The third-order valence-corrected chi connectivity index (χ3v) is 7.38. The van der Waals surface area contributed by atoms with Crippen LogP contribution in [0.25, 0.3) is 22.6 Å². The SMILES string of the molecule is Fc1cn(-c2cncc(-c3cn(Cc4cn5cc(CNCC67CC(F)(C6)C7)ccc5n4)nn3)c2)cc1F. The number of aromatic nitrogens is 7. The van der Waals surface area contributed by atoms with Crippen molar-refractivity contribution in [1.29, 1.82) is 0 Å². The van der Waals surface area contributed by atoms with E-state index in [2.05, 4.69) is 25.6 Å². The van der Waals surface area contributed by atoms with Gasteiger partial charge in [0.05, 0.1) is 30.3 Å². The summed E-state index contributed by atoms with van der Waals surface area (Å²) >= 11 is 0. The van der Waals surface area contributed by atoms with E-state index in [0.29, 0.717) is 42.8 Å². The zero-order valence-corrected chi connectivity index (χ0v) is 19.8. The van der Waals surface area contributed by atoms with Crippen molar-refractivity contribution in [2.24, 2.45) is 5.41 Å². The summed E-state index contributed by atoms with van der Waals surface area (Å²) in [7, 11) is 0. The first-order chi connectivity index (χ1) is 17.9. The second kappa shape index (κ2) is 8.01. The van der Waals surface area contributed by atoms with Crippen LogP contribution in [0.15, 0.2) is 61.6 Å². The van der Waals surface area contributed by atoms with Crippen molar-refractivity contribution < 1.29 is 13.2 Å². The summed E-state index contributed by atoms with van der Waals surface area (Å²) in [5.74, 6) is -1.85. The highest BCUT2D eigenvalue weighted by atomic mass is 19.2. The van der Waals surface area contributed by atoms with Crippen LogP contribution in [0.3, 0.4) is 0 Å². The van der Waals surface area contributed by atoms with E-state index in [1.807, 2.05) is 28.9 Å². The minimum absolute atomic E-state index is 0.188. The average molecular weight is 505 g/mol. The number of rotatable bonds is 8. The largest absolute Gasteiger partial charge is 0.316 e. The van der Waals surface area contributed by atoms with Crippen LogP contribution in [0, 0.1) is 17.0 Å². The minimum atomic E-state index is -0.923. The highest BCUT2D eigenvalue weighted by Crippen LogP contribution is 2.69. The number of hydrogen-bond donors (Lipinski definition) is 1. The van der Waals surface area contributed by atoms with E-state index in [9.17, 15) is 13.2 Å². The van der Waals surface area contributed by atoms with Crippen molar-refractivity contribution in [1.82, 2.24) is 39.2 Å². The summed E-state index contributed by atoms with van der Waals surface area (Å²) in [4.78, 5) is 8.85. The molecule has 8 rings (SSSR count). The number of nitrogens with zero attached hydrogens (tertiary/aromatic N) is 7. The molecular weight excluding hydrogens is 481 g/mol. The van der Waals surface area contributed by atoms with Crippen molar-refractivity contribution >= 4 is 5.65 Å². The first-order valence-corrected chi connectivity index (χ1v) is 12.1. The Morgan fingerprint density at radius 3 is 2.57 bits per heavy atom. The van der Waals surface area contributed by atoms with Crippen LogP contribution in [-0.4, -0.2) is 46.1 Å². The van der Waals surface area contributed by atoms with Gasteiger partial charge in [-0.25, -0.2) is 22.8 Å². The standard InChI is InChI=1S/C26H23F3N8/c27-21-10-35(11-22(21)28)20-3-18(5-30-6-20)23-12-37(34-33-23)9-19-8-36-7-17(1-2-24(36)32-19)4-31-16-25-13-26(29,14-25)15-25/h1-3,5-8,10-12,31H,4,9,13-16H2. The molecule has 0 radical (unpaired) electrons. The molecule has 3 aliphatic rings. The van der Waals surface area contributed by atoms with Gasteiger partial charge in [0.25, 0.3) is 0 Å². The lowest BCUT2D eigenvalue weighted by atomic mass is 9.42. The van der Waals surface area contributed by atoms with Crippen LogP contribution in [0.5, 0.6) is 0 Å². The highest BCUT2D eigenvalue weighted by molar-refractivity contribution is 5.59. The lowest BCUT2D eigenvalue weighted by molar-refractivity contribution is -0.209. The van der Waals surface area contributed by atoms with Crippen LogP contribution in [0.4, 0.5) is 13.2 Å². The molecule has 0 aromatic carbocycles. The number of fused-ring (bicyclic) bond motifs is 1. The summed E-state index contributed by atoms with van der Waals surface area (Å²) in [5.41, 5.74) is 3.89. The summed E-state index contributed by atoms with van der Waals surface area (Å²) in [6.45, 7) is 2.02. The molecule has 5 heterocycles. The van der Waals surface area contributed by atoms with Gasteiger partial charge >= 0.3 is 0 Å². The first-order valence-electron chi connectivity index (χ1n) is 12.1. The average Bonchev–Trinajstić information content (AvgIpc) is 3.56. The lowest BCUT2D eigenvalue weighted by Crippen LogP contribution is -2.67. The number of halogens is 3. The number of pyridine rings is 2. The molecule has 3 fully saturated rings. The van der Waals surface area contributed by atoms with E-state index in [4.69, 9.17) is 0 Å². The lowest BCUT2D eigenvalue weighted by Gasteiger charge is -2.66. The van der Waals surface area contributed by atoms with Crippen molar-refractivity contribution in [3.8, 4) is 16.9 Å². The van der Waals surface area contributed by atoms with Gasteiger partial charge in [0, 0.05) is 49.6 Å². The Morgan fingerprint density at radius 2 is 1.78 bits per heavy atom. The summed E-state index contributed by atoms with van der Waals surface area (Å²) in [6, 6.07) is 5.77. The molecule has 5 aromatic rings. The van der Waals surface area contributed by atoms with Gasteiger partial charge in [-0.1, -0.05) is 11.3 Å². The maximum absolute atomic E-state index is 13.7. The predicted molar refractivity (Wildman–Crippen MR) is 129 cm³/mol. The summed E-state index contributed by atoms with van der Waals surface area (Å²) in [6.07, 6.45) is 13.2. The Hall–Kier alpha value is -3.99. The Morgan fingerprint density at radius 1 is 0.973 bits per heavy atom. The topological polar surface area (TPSA) is 77.9 Å². The van der Waals surface area contributed by atoms with E-state index < -0.39 is 17.3 Å². The van der Waals surface area contributed by atoms with E-state index in [-0.39, 0.29) is 5.41 Å². The van der Waals surface area contributed by atoms with Gasteiger partial charge in [0.1, 0.15) is 17.0 Å². The molecule has 3 saturated carbocycles. The Kier molecular flexibility index (Phi) is 4.81. The molecule has 3 aliphatic carbocycles. The molecule has 0 aliphatic heterocycles. The second-order valence-electron chi connectivity index (χ2n) is 10.4. The molecule has 0 spiro atoms. The normalized spacial score (nSPS) is 22.2. The monoisotopic (exact) mass is 504 g/mol. The number of hydrogen-bond acceptors (Lipinski definition) is 5. The van der Waals surface area contributed by atoms with Crippen LogP contribution < -0.4 is 5.32 Å². The van der Waals surface area contributed by atoms with Gasteiger partial charge in [-0.15, -0.1) is 5.10 Å². The van der Waals surface area contributed by atoms with Crippen molar-refractivity contribution in [3.05, 3.63) is 84.5 Å². The van der Waals surface area contributed by atoms with Gasteiger partial charge in [-0.3, -0.25) is 4.98 Å². The molecular formula is C26H23F3N8. The summed E-state index contributed by atoms with van der Waals surface area (Å²) in [5, 5.41) is 11.9. The van der Waals surface area contributed by atoms with Crippen molar-refractivity contribution in [2.45, 2.75) is 38.0 Å². The highest BCUT2D eigenvalue weighted by Gasteiger charge is 2.68. The van der Waals surface area contributed by atoms with Crippen LogP contribution in [0.2, 0.25) is 0 Å². The van der Waals surface area contributed by atoms with Crippen molar-refractivity contribution in [2.75, 3.05) is 6.54 Å². The third kappa shape index (κ3) is 3.99. The third-order valence-electron chi connectivity index (χ3n) is 7.38. The zero-order valence-electron chi connectivity index (χ0n) is 19.8. The Balaban J connectivity index is 1.02. The van der Waals surface area contributed by atoms with Gasteiger partial charge in [0.2, 0.25) is 0 Å². The molecule has 0 atom stereocenters. The quantitative estimate of drug-likeness (QED) is 0.345. The molecule has 1 N–H and O–H groups in total. The molecule has 188 valence electrons. The fourth-order valence-corrected chi connectivity index (χ4v) is 5.73. The first kappa shape index (κ1) is 22.2. The molecule has 5 aromatic heterocycles. The van der Waals surface area contributed by atoms with E-state index >= 15 is 0 Å². The number of alkyl halides is 1. The van der Waals surface area contributed by atoms with Gasteiger partial charge in [-0.05, 0) is 42.4 Å². The molecule has 11 heteroatoms. The number of imidazole rings is 1. The Bertz CT molecular complexity index is 1590. The fourth-order valence-electron chi connectivity index (χ4n) is 5.73. The second-order valence-corrected chi connectivity index (χ2v) is 10.4. The van der Waals surface area contributed by atoms with E-state index in [0.717, 1.165) is 42.4 Å². The molecule has 0 saturated heterocycles. The maximum atomic E-state index is 13.7. The van der Waals surface area contributed by atoms with Gasteiger partial charge in [0.15, 0.2) is 11.6 Å². The fraction of sp³-hybridized carbons (Fsp3) is 0.308. The molecule has 8 nitrogen and oxygen atoms in total. The van der Waals surface area contributed by atoms with E-state index in [1.54, 1.807) is 23.1 Å². The smallest absolute Gasteiger partial charge is 0.176 e. The molecule has 2 bridgehead atoms. The Labute approximate surface area is 209 Å².